The molecule has 3 rings (SSSR count). The van der Waals surface area contributed by atoms with Gasteiger partial charge in [0.1, 0.15) is 0 Å². The maximum atomic E-state index is 6.47. The first-order valence-corrected chi connectivity index (χ1v) is 8.02. The predicted octanol–water partition coefficient (Wildman–Crippen LogP) is 5.84. The Hall–Kier alpha value is -2.54. The molecule has 0 spiro atoms. The molecule has 0 aliphatic rings. The highest BCUT2D eigenvalue weighted by Crippen LogP contribution is 2.37. The average molecular weight is 301 g/mol. The first-order valence-electron chi connectivity index (χ1n) is 8.02. The minimum Gasteiger partial charge on any atom is -0.398 e. The lowest BCUT2D eigenvalue weighted by Crippen LogP contribution is -2.02. The van der Waals surface area contributed by atoms with Gasteiger partial charge >= 0.3 is 0 Å². The van der Waals surface area contributed by atoms with Crippen LogP contribution in [0.5, 0.6) is 0 Å². The average Bonchev–Trinajstić information content (AvgIpc) is 2.59. The van der Waals surface area contributed by atoms with Gasteiger partial charge in [0.2, 0.25) is 0 Å². The van der Waals surface area contributed by atoms with Crippen molar-refractivity contribution in [2.45, 2.75) is 27.7 Å². The van der Waals surface area contributed by atoms with Crippen LogP contribution >= 0.6 is 0 Å². The Morgan fingerprint density at radius 3 is 1.83 bits per heavy atom. The van der Waals surface area contributed by atoms with Crippen LogP contribution in [0.25, 0.3) is 22.3 Å². The van der Waals surface area contributed by atoms with Crippen molar-refractivity contribution in [2.75, 3.05) is 5.73 Å². The summed E-state index contributed by atoms with van der Waals surface area (Å²) in [6, 6.07) is 19.1. The summed E-state index contributed by atoms with van der Waals surface area (Å²) in [7, 11) is 0. The van der Waals surface area contributed by atoms with E-state index in [0.29, 0.717) is 0 Å². The van der Waals surface area contributed by atoms with E-state index in [4.69, 9.17) is 5.73 Å². The molecule has 3 aromatic carbocycles. The molecule has 0 aromatic heterocycles. The van der Waals surface area contributed by atoms with Crippen LogP contribution in [0.15, 0.2) is 54.6 Å². The summed E-state index contributed by atoms with van der Waals surface area (Å²) in [6.45, 7) is 8.62. The largest absolute Gasteiger partial charge is 0.398 e. The molecule has 0 unspecified atom stereocenters. The van der Waals surface area contributed by atoms with Crippen LogP contribution in [-0.2, 0) is 0 Å². The quantitative estimate of drug-likeness (QED) is 0.591. The predicted molar refractivity (Wildman–Crippen MR) is 101 cm³/mol. The lowest BCUT2D eigenvalue weighted by atomic mass is 9.88. The van der Waals surface area contributed by atoms with Crippen LogP contribution in [0.4, 0.5) is 5.69 Å². The molecule has 1 heteroatoms. The SMILES string of the molecule is Cc1c(C)c(C)c(-c2cccc(-c3ccccc3)c2)c(N)c1C. The minimum atomic E-state index is 0.899. The molecule has 3 aromatic rings. The maximum Gasteiger partial charge on any atom is 0.0428 e. The van der Waals surface area contributed by atoms with E-state index in [1.54, 1.807) is 0 Å². The number of hydrogen-bond donors (Lipinski definition) is 1. The van der Waals surface area contributed by atoms with Crippen molar-refractivity contribution in [3.63, 3.8) is 0 Å². The standard InChI is InChI=1S/C22H23N/c1-14-15(2)17(4)22(23)21(16(14)3)20-12-8-11-19(13-20)18-9-6-5-7-10-18/h5-13H,23H2,1-4H3. The fraction of sp³-hybridized carbons (Fsp3) is 0.182. The highest BCUT2D eigenvalue weighted by atomic mass is 14.6. The summed E-state index contributed by atoms with van der Waals surface area (Å²) in [4.78, 5) is 0. The summed E-state index contributed by atoms with van der Waals surface area (Å²) in [5.41, 5.74) is 17.3. The van der Waals surface area contributed by atoms with E-state index in [-0.39, 0.29) is 0 Å². The topological polar surface area (TPSA) is 26.0 Å². The Morgan fingerprint density at radius 1 is 0.565 bits per heavy atom. The van der Waals surface area contributed by atoms with Crippen LogP contribution in [0.3, 0.4) is 0 Å². The second kappa shape index (κ2) is 5.92. The Balaban J connectivity index is 2.21. The fourth-order valence-electron chi connectivity index (χ4n) is 3.20. The Bertz CT molecular complexity index is 832. The van der Waals surface area contributed by atoms with Crippen LogP contribution < -0.4 is 5.73 Å². The lowest BCUT2D eigenvalue weighted by molar-refractivity contribution is 1.22. The van der Waals surface area contributed by atoms with Gasteiger partial charge in [0.15, 0.2) is 0 Å². The van der Waals surface area contributed by atoms with Crippen molar-refractivity contribution in [2.24, 2.45) is 0 Å². The van der Waals surface area contributed by atoms with E-state index in [1.807, 2.05) is 6.07 Å². The molecule has 116 valence electrons. The van der Waals surface area contributed by atoms with E-state index in [2.05, 4.69) is 76.2 Å². The van der Waals surface area contributed by atoms with Crippen molar-refractivity contribution >= 4 is 5.69 Å². The molecule has 0 bridgehead atoms. The number of benzene rings is 3. The number of nitrogens with two attached hydrogens (primary N) is 1. The third-order valence-electron chi connectivity index (χ3n) is 4.99. The van der Waals surface area contributed by atoms with Crippen molar-refractivity contribution in [3.8, 4) is 22.3 Å². The molecule has 0 fully saturated rings. The minimum absolute atomic E-state index is 0.899. The number of rotatable bonds is 2. The Labute approximate surface area is 138 Å². The van der Waals surface area contributed by atoms with Crippen molar-refractivity contribution in [3.05, 3.63) is 76.9 Å². The maximum absolute atomic E-state index is 6.47. The third kappa shape index (κ3) is 2.63. The molecule has 1 nitrogen and oxygen atoms in total. The van der Waals surface area contributed by atoms with Crippen molar-refractivity contribution in [1.82, 2.24) is 0 Å². The summed E-state index contributed by atoms with van der Waals surface area (Å²) in [5.74, 6) is 0. The van der Waals surface area contributed by atoms with E-state index < -0.39 is 0 Å². The molecule has 0 saturated carbocycles. The molecular formula is C22H23N. The zero-order valence-electron chi connectivity index (χ0n) is 14.3. The summed E-state index contributed by atoms with van der Waals surface area (Å²) >= 11 is 0. The monoisotopic (exact) mass is 301 g/mol. The van der Waals surface area contributed by atoms with Crippen LogP contribution in [0.1, 0.15) is 22.3 Å². The summed E-state index contributed by atoms with van der Waals surface area (Å²) < 4.78 is 0. The van der Waals surface area contributed by atoms with Crippen molar-refractivity contribution in [1.29, 1.82) is 0 Å². The van der Waals surface area contributed by atoms with Gasteiger partial charge in [-0.25, -0.2) is 0 Å². The molecule has 23 heavy (non-hydrogen) atoms. The summed E-state index contributed by atoms with van der Waals surface area (Å²) in [6.07, 6.45) is 0. The van der Waals surface area contributed by atoms with Gasteiger partial charge in [-0.15, -0.1) is 0 Å². The van der Waals surface area contributed by atoms with Crippen LogP contribution in [-0.4, -0.2) is 0 Å². The highest BCUT2D eigenvalue weighted by Gasteiger charge is 2.14. The second-order valence-electron chi connectivity index (χ2n) is 6.24. The van der Waals surface area contributed by atoms with Gasteiger partial charge in [0, 0.05) is 11.3 Å². The van der Waals surface area contributed by atoms with Gasteiger partial charge in [-0.1, -0.05) is 48.5 Å². The molecule has 0 saturated heterocycles. The highest BCUT2D eigenvalue weighted by molar-refractivity contribution is 5.85. The number of hydrogen-bond acceptors (Lipinski definition) is 1. The lowest BCUT2D eigenvalue weighted by Gasteiger charge is -2.19. The van der Waals surface area contributed by atoms with E-state index >= 15 is 0 Å². The van der Waals surface area contributed by atoms with Crippen LogP contribution in [0.2, 0.25) is 0 Å². The van der Waals surface area contributed by atoms with Gasteiger partial charge in [0.05, 0.1) is 0 Å². The van der Waals surface area contributed by atoms with Crippen LogP contribution in [0, 0.1) is 27.7 Å². The number of anilines is 1. The van der Waals surface area contributed by atoms with Gasteiger partial charge < -0.3 is 5.73 Å². The van der Waals surface area contributed by atoms with Gasteiger partial charge in [-0.2, -0.15) is 0 Å². The van der Waals surface area contributed by atoms with E-state index in [1.165, 1.54) is 44.5 Å². The normalized spacial score (nSPS) is 10.8. The smallest absolute Gasteiger partial charge is 0.0428 e. The van der Waals surface area contributed by atoms with E-state index in [9.17, 15) is 0 Å². The van der Waals surface area contributed by atoms with Crippen molar-refractivity contribution < 1.29 is 0 Å². The first kappa shape index (κ1) is 15.4. The Kier molecular flexibility index (Phi) is 3.96. The van der Waals surface area contributed by atoms with Gasteiger partial charge in [0.25, 0.3) is 0 Å². The molecule has 0 heterocycles. The zero-order valence-corrected chi connectivity index (χ0v) is 14.3. The summed E-state index contributed by atoms with van der Waals surface area (Å²) in [5, 5.41) is 0. The molecule has 2 N–H and O–H groups in total. The second-order valence-corrected chi connectivity index (χ2v) is 6.24. The van der Waals surface area contributed by atoms with E-state index in [0.717, 1.165) is 5.69 Å². The molecule has 0 amide bonds. The molecule has 0 radical (unpaired) electrons. The molecule has 0 atom stereocenters. The fourth-order valence-corrected chi connectivity index (χ4v) is 3.20. The van der Waals surface area contributed by atoms with Gasteiger partial charge in [-0.3, -0.25) is 0 Å². The molecular weight excluding hydrogens is 278 g/mol. The number of nitrogen functional groups attached to an aromatic ring is 1. The first-order chi connectivity index (χ1) is 11.0. The molecule has 0 aliphatic carbocycles. The zero-order chi connectivity index (χ0) is 16.6. The molecule has 0 aliphatic heterocycles. The third-order valence-corrected chi connectivity index (χ3v) is 4.99. The Morgan fingerprint density at radius 2 is 1.13 bits per heavy atom. The van der Waals surface area contributed by atoms with Gasteiger partial charge in [-0.05, 0) is 72.7 Å².